The number of hydrogen-bond donors (Lipinski definition) is 1. The summed E-state index contributed by atoms with van der Waals surface area (Å²) in [6, 6.07) is 8.50. The quantitative estimate of drug-likeness (QED) is 0.866. The number of nitrogens with zero attached hydrogens (tertiary/aromatic N) is 2. The van der Waals surface area contributed by atoms with Crippen LogP contribution in [0.3, 0.4) is 0 Å². The van der Waals surface area contributed by atoms with E-state index in [4.69, 9.17) is 10.3 Å². The van der Waals surface area contributed by atoms with E-state index in [9.17, 15) is 0 Å². The van der Waals surface area contributed by atoms with Gasteiger partial charge >= 0.3 is 0 Å². The van der Waals surface area contributed by atoms with Crippen molar-refractivity contribution < 1.29 is 4.52 Å². The lowest BCUT2D eigenvalue weighted by Crippen LogP contribution is -2.14. The minimum atomic E-state index is 0.226. The van der Waals surface area contributed by atoms with Gasteiger partial charge in [-0.1, -0.05) is 36.3 Å². The third-order valence-electron chi connectivity index (χ3n) is 3.14. The molecule has 0 aliphatic rings. The van der Waals surface area contributed by atoms with E-state index < -0.39 is 0 Å². The fourth-order valence-electron chi connectivity index (χ4n) is 1.94. The Balaban J connectivity index is 1.99. The van der Waals surface area contributed by atoms with Crippen LogP contribution in [0, 0.1) is 0 Å². The summed E-state index contributed by atoms with van der Waals surface area (Å²) in [5.41, 5.74) is 8.02. The fraction of sp³-hybridized carbons (Fsp3) is 0.467. The number of aromatic nitrogens is 2. The summed E-state index contributed by atoms with van der Waals surface area (Å²) in [6.45, 7) is 4.15. The van der Waals surface area contributed by atoms with Gasteiger partial charge in [0.2, 0.25) is 11.7 Å². The normalized spacial score (nSPS) is 12.6. The zero-order valence-electron chi connectivity index (χ0n) is 11.6. The summed E-state index contributed by atoms with van der Waals surface area (Å²) in [4.78, 5) is 4.41. The second-order valence-corrected chi connectivity index (χ2v) is 4.93. The SMILES string of the molecule is CCc1ccc(-c2noc(CCCC(C)N)n2)cc1. The smallest absolute Gasteiger partial charge is 0.226 e. The molecule has 0 saturated heterocycles. The van der Waals surface area contributed by atoms with Gasteiger partial charge in [0.1, 0.15) is 0 Å². The first-order chi connectivity index (χ1) is 9.19. The Bertz CT molecular complexity index is 502. The number of aryl methyl sites for hydroxylation is 2. The minimum Gasteiger partial charge on any atom is -0.339 e. The molecular formula is C15H21N3O. The molecule has 0 aliphatic heterocycles. The van der Waals surface area contributed by atoms with Gasteiger partial charge < -0.3 is 10.3 Å². The highest BCUT2D eigenvalue weighted by Crippen LogP contribution is 2.17. The van der Waals surface area contributed by atoms with Crippen molar-refractivity contribution >= 4 is 0 Å². The van der Waals surface area contributed by atoms with Gasteiger partial charge in [0.15, 0.2) is 0 Å². The van der Waals surface area contributed by atoms with Crippen LogP contribution in [0.25, 0.3) is 11.4 Å². The molecule has 0 spiro atoms. The Morgan fingerprint density at radius 1 is 1.26 bits per heavy atom. The predicted molar refractivity (Wildman–Crippen MR) is 75.7 cm³/mol. The lowest BCUT2D eigenvalue weighted by Gasteiger charge is -2.00. The molecule has 2 N–H and O–H groups in total. The van der Waals surface area contributed by atoms with Gasteiger partial charge in [0.05, 0.1) is 0 Å². The molecule has 1 atom stereocenters. The van der Waals surface area contributed by atoms with Gasteiger partial charge in [0, 0.05) is 18.0 Å². The van der Waals surface area contributed by atoms with Crippen molar-refractivity contribution in [2.75, 3.05) is 0 Å². The molecule has 0 radical (unpaired) electrons. The lowest BCUT2D eigenvalue weighted by atomic mass is 10.1. The molecule has 0 saturated carbocycles. The van der Waals surface area contributed by atoms with E-state index >= 15 is 0 Å². The average Bonchev–Trinajstić information content (AvgIpc) is 2.87. The monoisotopic (exact) mass is 259 g/mol. The standard InChI is InChI=1S/C15H21N3O/c1-3-12-7-9-13(10-8-12)15-17-14(19-18-15)6-4-5-11(2)16/h7-11H,3-6,16H2,1-2H3. The Morgan fingerprint density at radius 3 is 2.63 bits per heavy atom. The molecule has 2 aromatic rings. The van der Waals surface area contributed by atoms with Crippen molar-refractivity contribution in [1.82, 2.24) is 10.1 Å². The van der Waals surface area contributed by atoms with E-state index in [-0.39, 0.29) is 6.04 Å². The molecule has 0 aliphatic carbocycles. The van der Waals surface area contributed by atoms with Crippen molar-refractivity contribution in [2.45, 2.75) is 45.6 Å². The summed E-state index contributed by atoms with van der Waals surface area (Å²) in [5.74, 6) is 1.36. The third-order valence-corrected chi connectivity index (χ3v) is 3.14. The van der Waals surface area contributed by atoms with Crippen molar-refractivity contribution in [1.29, 1.82) is 0 Å². The number of nitrogens with two attached hydrogens (primary N) is 1. The van der Waals surface area contributed by atoms with Crippen molar-refractivity contribution in [2.24, 2.45) is 5.73 Å². The van der Waals surface area contributed by atoms with Crippen molar-refractivity contribution in [3.8, 4) is 11.4 Å². The van der Waals surface area contributed by atoms with Crippen LogP contribution in [-0.4, -0.2) is 16.2 Å². The molecule has 0 amide bonds. The largest absolute Gasteiger partial charge is 0.339 e. The maximum atomic E-state index is 5.71. The van der Waals surface area contributed by atoms with Gasteiger partial charge in [-0.15, -0.1) is 0 Å². The van der Waals surface area contributed by atoms with Crippen LogP contribution in [0.1, 0.15) is 38.1 Å². The summed E-state index contributed by atoms with van der Waals surface area (Å²) in [6.07, 6.45) is 3.79. The third kappa shape index (κ3) is 3.89. The van der Waals surface area contributed by atoms with Crippen LogP contribution in [0.2, 0.25) is 0 Å². The van der Waals surface area contributed by atoms with E-state index in [1.807, 2.05) is 19.1 Å². The summed E-state index contributed by atoms with van der Waals surface area (Å²) in [7, 11) is 0. The second-order valence-electron chi connectivity index (χ2n) is 4.93. The molecule has 4 nitrogen and oxygen atoms in total. The van der Waals surface area contributed by atoms with Gasteiger partial charge in [-0.25, -0.2) is 0 Å². The average molecular weight is 259 g/mol. The molecule has 4 heteroatoms. The van der Waals surface area contributed by atoms with E-state index in [1.165, 1.54) is 5.56 Å². The molecular weight excluding hydrogens is 238 g/mol. The molecule has 1 aromatic carbocycles. The molecule has 1 aromatic heterocycles. The maximum Gasteiger partial charge on any atom is 0.226 e. The summed E-state index contributed by atoms with van der Waals surface area (Å²) in [5, 5.41) is 4.02. The van der Waals surface area contributed by atoms with Gasteiger partial charge in [-0.2, -0.15) is 4.98 Å². The Hall–Kier alpha value is -1.68. The molecule has 1 heterocycles. The van der Waals surface area contributed by atoms with E-state index in [1.54, 1.807) is 0 Å². The molecule has 0 fully saturated rings. The molecule has 19 heavy (non-hydrogen) atoms. The first kappa shape index (κ1) is 13.7. The topological polar surface area (TPSA) is 64.9 Å². The molecule has 102 valence electrons. The molecule has 1 unspecified atom stereocenters. The van der Waals surface area contributed by atoms with E-state index in [0.29, 0.717) is 11.7 Å². The van der Waals surface area contributed by atoms with E-state index in [0.717, 1.165) is 31.2 Å². The van der Waals surface area contributed by atoms with Crippen LogP contribution in [-0.2, 0) is 12.8 Å². The van der Waals surface area contributed by atoms with Gasteiger partial charge in [0.25, 0.3) is 0 Å². The van der Waals surface area contributed by atoms with Crippen molar-refractivity contribution in [3.63, 3.8) is 0 Å². The lowest BCUT2D eigenvalue weighted by molar-refractivity contribution is 0.373. The van der Waals surface area contributed by atoms with Gasteiger partial charge in [-0.3, -0.25) is 0 Å². The van der Waals surface area contributed by atoms with Crippen LogP contribution < -0.4 is 5.73 Å². The molecule has 2 rings (SSSR count). The minimum absolute atomic E-state index is 0.226. The predicted octanol–water partition coefficient (Wildman–Crippen LogP) is 2.97. The zero-order valence-corrected chi connectivity index (χ0v) is 11.6. The fourth-order valence-corrected chi connectivity index (χ4v) is 1.94. The maximum absolute atomic E-state index is 5.71. The number of benzene rings is 1. The van der Waals surface area contributed by atoms with Crippen LogP contribution in [0.4, 0.5) is 0 Å². The van der Waals surface area contributed by atoms with Crippen LogP contribution >= 0.6 is 0 Å². The van der Waals surface area contributed by atoms with E-state index in [2.05, 4.69) is 29.2 Å². The Kier molecular flexibility index (Phi) is 4.68. The summed E-state index contributed by atoms with van der Waals surface area (Å²) < 4.78 is 5.26. The van der Waals surface area contributed by atoms with Crippen LogP contribution in [0.5, 0.6) is 0 Å². The first-order valence-electron chi connectivity index (χ1n) is 6.86. The van der Waals surface area contributed by atoms with Gasteiger partial charge in [-0.05, 0) is 31.7 Å². The first-order valence-corrected chi connectivity index (χ1v) is 6.86. The number of hydrogen-bond acceptors (Lipinski definition) is 4. The number of rotatable bonds is 6. The summed E-state index contributed by atoms with van der Waals surface area (Å²) >= 11 is 0. The Labute approximate surface area is 114 Å². The highest BCUT2D eigenvalue weighted by molar-refractivity contribution is 5.54. The highest BCUT2D eigenvalue weighted by atomic mass is 16.5. The second kappa shape index (κ2) is 6.48. The Morgan fingerprint density at radius 2 is 2.00 bits per heavy atom. The highest BCUT2D eigenvalue weighted by Gasteiger charge is 2.08. The zero-order chi connectivity index (χ0) is 13.7. The van der Waals surface area contributed by atoms with Crippen molar-refractivity contribution in [3.05, 3.63) is 35.7 Å². The molecule has 0 bridgehead atoms. The van der Waals surface area contributed by atoms with Crippen LogP contribution in [0.15, 0.2) is 28.8 Å².